The molecule has 0 fully saturated rings. The number of nitrogens with two attached hydrogens (primary N) is 1. The first-order chi connectivity index (χ1) is 9.24. The summed E-state index contributed by atoms with van der Waals surface area (Å²) in [6.45, 7) is 3.15. The van der Waals surface area contributed by atoms with E-state index in [2.05, 4.69) is 10.3 Å². The van der Waals surface area contributed by atoms with Crippen LogP contribution in [0.2, 0.25) is 0 Å². The number of aromatic nitrogens is 1. The van der Waals surface area contributed by atoms with Crippen molar-refractivity contribution in [2.75, 3.05) is 24.2 Å². The number of esters is 1. The number of anilines is 1. The van der Waals surface area contributed by atoms with Gasteiger partial charge in [0.25, 0.3) is 0 Å². The SMILES string of the molecule is CCOC(=O)c1nc(NCCS(N)(=O)=O)sc1C(C)=O. The predicted octanol–water partition coefficient (Wildman–Crippen LogP) is 0.223. The fraction of sp³-hybridized carbons (Fsp3) is 0.500. The van der Waals surface area contributed by atoms with Crippen LogP contribution in [0.25, 0.3) is 0 Å². The maximum atomic E-state index is 11.6. The zero-order valence-corrected chi connectivity index (χ0v) is 12.6. The zero-order valence-electron chi connectivity index (χ0n) is 11.0. The van der Waals surface area contributed by atoms with Gasteiger partial charge in [0.1, 0.15) is 4.88 Å². The summed E-state index contributed by atoms with van der Waals surface area (Å²) in [6.07, 6.45) is 0. The maximum absolute atomic E-state index is 11.6. The van der Waals surface area contributed by atoms with Crippen molar-refractivity contribution in [2.45, 2.75) is 13.8 Å². The minimum absolute atomic E-state index is 0.0337. The van der Waals surface area contributed by atoms with Gasteiger partial charge in [-0.1, -0.05) is 11.3 Å². The summed E-state index contributed by atoms with van der Waals surface area (Å²) in [6, 6.07) is 0. The van der Waals surface area contributed by atoms with Gasteiger partial charge in [-0.25, -0.2) is 23.3 Å². The van der Waals surface area contributed by atoms with E-state index in [9.17, 15) is 18.0 Å². The Kier molecular flexibility index (Phi) is 5.60. The summed E-state index contributed by atoms with van der Waals surface area (Å²) in [5, 5.41) is 7.83. The number of carbonyl (C=O) groups excluding carboxylic acids is 2. The van der Waals surface area contributed by atoms with Crippen LogP contribution in [0.5, 0.6) is 0 Å². The van der Waals surface area contributed by atoms with Gasteiger partial charge < -0.3 is 10.1 Å². The fourth-order valence-electron chi connectivity index (χ4n) is 1.27. The van der Waals surface area contributed by atoms with E-state index in [0.717, 1.165) is 11.3 Å². The molecule has 8 nitrogen and oxygen atoms in total. The van der Waals surface area contributed by atoms with Crippen LogP contribution in [0.15, 0.2) is 0 Å². The summed E-state index contributed by atoms with van der Waals surface area (Å²) >= 11 is 0.964. The first-order valence-electron chi connectivity index (χ1n) is 5.67. The van der Waals surface area contributed by atoms with Crippen molar-refractivity contribution in [1.82, 2.24) is 4.98 Å². The first kappa shape index (κ1) is 16.5. The lowest BCUT2D eigenvalue weighted by molar-refractivity contribution is 0.0517. The second-order valence-electron chi connectivity index (χ2n) is 3.77. The van der Waals surface area contributed by atoms with Crippen molar-refractivity contribution in [3.05, 3.63) is 10.6 Å². The second-order valence-corrected chi connectivity index (χ2v) is 6.50. The summed E-state index contributed by atoms with van der Waals surface area (Å²) < 4.78 is 26.4. The van der Waals surface area contributed by atoms with Gasteiger partial charge >= 0.3 is 5.97 Å². The highest BCUT2D eigenvalue weighted by Crippen LogP contribution is 2.24. The van der Waals surface area contributed by atoms with Crippen LogP contribution in [0.4, 0.5) is 5.13 Å². The van der Waals surface area contributed by atoms with Crippen LogP contribution in [-0.2, 0) is 14.8 Å². The molecular formula is C10H15N3O5S2. The molecule has 0 unspecified atom stereocenters. The number of rotatable bonds is 7. The number of thiazole rings is 1. The van der Waals surface area contributed by atoms with E-state index in [-0.39, 0.29) is 40.4 Å². The van der Waals surface area contributed by atoms with Crippen molar-refractivity contribution >= 4 is 38.2 Å². The minimum atomic E-state index is -3.58. The van der Waals surface area contributed by atoms with Gasteiger partial charge in [0.05, 0.1) is 12.4 Å². The lowest BCUT2D eigenvalue weighted by Gasteiger charge is -2.00. The highest BCUT2D eigenvalue weighted by Gasteiger charge is 2.22. The number of primary sulfonamides is 1. The van der Waals surface area contributed by atoms with Crippen molar-refractivity contribution in [3.8, 4) is 0 Å². The number of hydrogen-bond donors (Lipinski definition) is 2. The van der Waals surface area contributed by atoms with E-state index in [1.54, 1.807) is 6.92 Å². The molecule has 0 atom stereocenters. The molecule has 0 aliphatic heterocycles. The molecule has 0 amide bonds. The Morgan fingerprint density at radius 1 is 1.45 bits per heavy atom. The Labute approximate surface area is 120 Å². The molecule has 0 saturated carbocycles. The standard InChI is InChI=1S/C10H15N3O5S2/c1-3-18-9(15)7-8(6(2)14)19-10(13-7)12-4-5-20(11,16)17/h3-5H2,1-2H3,(H,12,13)(H2,11,16,17). The van der Waals surface area contributed by atoms with Gasteiger partial charge in [-0.3, -0.25) is 4.79 Å². The average Bonchev–Trinajstić information content (AvgIpc) is 2.72. The monoisotopic (exact) mass is 321 g/mol. The lowest BCUT2D eigenvalue weighted by atomic mass is 10.3. The predicted molar refractivity (Wildman–Crippen MR) is 74.5 cm³/mol. The van der Waals surface area contributed by atoms with Crippen LogP contribution < -0.4 is 10.5 Å². The Morgan fingerprint density at radius 2 is 2.10 bits per heavy atom. The van der Waals surface area contributed by atoms with Crippen molar-refractivity contribution in [2.24, 2.45) is 5.14 Å². The third-order valence-electron chi connectivity index (χ3n) is 2.08. The molecule has 0 spiro atoms. The van der Waals surface area contributed by atoms with Gasteiger partial charge in [0, 0.05) is 13.5 Å². The molecule has 0 aliphatic carbocycles. The van der Waals surface area contributed by atoms with Crippen LogP contribution in [0, 0.1) is 0 Å². The third kappa shape index (κ3) is 4.87. The molecule has 10 heteroatoms. The smallest absolute Gasteiger partial charge is 0.358 e. The molecule has 0 saturated heterocycles. The van der Waals surface area contributed by atoms with E-state index in [4.69, 9.17) is 9.88 Å². The normalized spacial score (nSPS) is 11.2. The van der Waals surface area contributed by atoms with E-state index in [1.807, 2.05) is 0 Å². The van der Waals surface area contributed by atoms with Gasteiger partial charge in [0.15, 0.2) is 16.6 Å². The number of Topliss-reactive ketones (excluding diaryl/α,β-unsaturated/α-hetero) is 1. The van der Waals surface area contributed by atoms with Gasteiger partial charge in [-0.05, 0) is 6.92 Å². The molecule has 0 bridgehead atoms. The summed E-state index contributed by atoms with van der Waals surface area (Å²) in [4.78, 5) is 27.2. The largest absolute Gasteiger partial charge is 0.461 e. The Morgan fingerprint density at radius 3 is 2.60 bits per heavy atom. The molecule has 0 aliphatic rings. The quantitative estimate of drug-likeness (QED) is 0.543. The number of carbonyl (C=O) groups is 2. The molecule has 1 rings (SSSR count). The van der Waals surface area contributed by atoms with Gasteiger partial charge in [-0.15, -0.1) is 0 Å². The third-order valence-corrected chi connectivity index (χ3v) is 3.97. The molecule has 1 heterocycles. The van der Waals surface area contributed by atoms with E-state index in [1.165, 1.54) is 6.92 Å². The second kappa shape index (κ2) is 6.77. The molecule has 3 N–H and O–H groups in total. The van der Waals surface area contributed by atoms with Gasteiger partial charge in [0.2, 0.25) is 10.0 Å². The number of sulfonamides is 1. The Balaban J connectivity index is 2.86. The molecule has 20 heavy (non-hydrogen) atoms. The number of hydrogen-bond acceptors (Lipinski definition) is 8. The van der Waals surface area contributed by atoms with E-state index >= 15 is 0 Å². The molecule has 112 valence electrons. The maximum Gasteiger partial charge on any atom is 0.358 e. The van der Waals surface area contributed by atoms with E-state index < -0.39 is 16.0 Å². The summed E-state index contributed by atoms with van der Waals surface area (Å²) in [5.74, 6) is -1.28. The highest BCUT2D eigenvalue weighted by atomic mass is 32.2. The summed E-state index contributed by atoms with van der Waals surface area (Å²) in [5.41, 5.74) is -0.0672. The minimum Gasteiger partial charge on any atom is -0.461 e. The lowest BCUT2D eigenvalue weighted by Crippen LogP contribution is -2.22. The molecule has 0 radical (unpaired) electrons. The van der Waals surface area contributed by atoms with Crippen LogP contribution >= 0.6 is 11.3 Å². The zero-order chi connectivity index (χ0) is 15.3. The topological polar surface area (TPSA) is 128 Å². The molecule has 1 aromatic heterocycles. The van der Waals surface area contributed by atoms with Crippen LogP contribution in [-0.4, -0.2) is 44.1 Å². The fourth-order valence-corrected chi connectivity index (χ4v) is 2.53. The summed E-state index contributed by atoms with van der Waals surface area (Å²) in [7, 11) is -3.58. The Hall–Kier alpha value is -1.52. The number of ether oxygens (including phenoxy) is 1. The van der Waals surface area contributed by atoms with Crippen LogP contribution in [0.3, 0.4) is 0 Å². The molecular weight excluding hydrogens is 306 g/mol. The Bertz CT molecular complexity index is 608. The number of nitrogens with one attached hydrogen (secondary N) is 1. The molecule has 1 aromatic rings. The average molecular weight is 321 g/mol. The number of ketones is 1. The van der Waals surface area contributed by atoms with Crippen LogP contribution in [0.1, 0.15) is 34.0 Å². The van der Waals surface area contributed by atoms with Crippen molar-refractivity contribution in [1.29, 1.82) is 0 Å². The highest BCUT2D eigenvalue weighted by molar-refractivity contribution is 7.89. The van der Waals surface area contributed by atoms with Crippen molar-refractivity contribution in [3.63, 3.8) is 0 Å². The number of nitrogens with zero attached hydrogens (tertiary/aromatic N) is 1. The van der Waals surface area contributed by atoms with Gasteiger partial charge in [-0.2, -0.15) is 0 Å². The van der Waals surface area contributed by atoms with E-state index in [0.29, 0.717) is 0 Å². The molecule has 0 aromatic carbocycles. The first-order valence-corrected chi connectivity index (χ1v) is 8.21. The van der Waals surface area contributed by atoms with Crippen molar-refractivity contribution < 1.29 is 22.7 Å².